The summed E-state index contributed by atoms with van der Waals surface area (Å²) < 4.78 is 0.793. The molecule has 0 radical (unpaired) electrons. The zero-order chi connectivity index (χ0) is 18.2. The molecule has 2 aromatic rings. The molecule has 1 amide bonds. The summed E-state index contributed by atoms with van der Waals surface area (Å²) in [7, 11) is 0. The summed E-state index contributed by atoms with van der Waals surface area (Å²) in [5.41, 5.74) is 2.46. The number of para-hydroxylation sites is 1. The Hall–Kier alpha value is -1.86. The molecule has 1 aliphatic carbocycles. The molecule has 0 unspecified atom stereocenters. The van der Waals surface area contributed by atoms with Crippen molar-refractivity contribution in [3.05, 3.63) is 42.0 Å². The van der Waals surface area contributed by atoms with Crippen LogP contribution in [-0.4, -0.2) is 27.9 Å². The van der Waals surface area contributed by atoms with E-state index in [9.17, 15) is 4.79 Å². The molecule has 0 bridgehead atoms. The maximum absolute atomic E-state index is 12.3. The molecule has 26 heavy (non-hydrogen) atoms. The van der Waals surface area contributed by atoms with Crippen LogP contribution in [0.25, 0.3) is 0 Å². The second-order valence-electron chi connectivity index (χ2n) is 6.27. The van der Waals surface area contributed by atoms with Crippen molar-refractivity contribution in [2.45, 2.75) is 48.6 Å². The second-order valence-corrected chi connectivity index (χ2v) is 8.84. The van der Waals surface area contributed by atoms with Crippen LogP contribution in [0.2, 0.25) is 0 Å². The fourth-order valence-corrected chi connectivity index (χ4v) is 4.72. The predicted molar refractivity (Wildman–Crippen MR) is 109 cm³/mol. The molecular formula is C19H24N4OS2. The van der Waals surface area contributed by atoms with E-state index < -0.39 is 0 Å². The highest BCUT2D eigenvalue weighted by Gasteiger charge is 2.17. The number of nitrogens with one attached hydrogen (secondary N) is 2. The summed E-state index contributed by atoms with van der Waals surface area (Å²) in [6.45, 7) is 2.62. The number of benzene rings is 1. The monoisotopic (exact) mass is 388 g/mol. The van der Waals surface area contributed by atoms with Crippen LogP contribution < -0.4 is 10.6 Å². The molecule has 1 heterocycles. The van der Waals surface area contributed by atoms with Crippen LogP contribution in [0.4, 0.5) is 10.8 Å². The minimum atomic E-state index is -0.187. The lowest BCUT2D eigenvalue weighted by Crippen LogP contribution is -2.31. The first-order chi connectivity index (χ1) is 12.7. The second kappa shape index (κ2) is 9.73. The Bertz CT molecular complexity index is 745. The van der Waals surface area contributed by atoms with Crippen molar-refractivity contribution < 1.29 is 4.79 Å². The Kier molecular flexibility index (Phi) is 7.08. The Morgan fingerprint density at radius 2 is 2.12 bits per heavy atom. The van der Waals surface area contributed by atoms with Crippen molar-refractivity contribution in [3.63, 3.8) is 0 Å². The molecule has 0 saturated carbocycles. The fraction of sp³-hybridized carbons (Fsp3) is 0.421. The van der Waals surface area contributed by atoms with Crippen molar-refractivity contribution >= 4 is 39.8 Å². The average molecular weight is 389 g/mol. The smallest absolute Gasteiger partial charge is 0.233 e. The highest BCUT2D eigenvalue weighted by Crippen LogP contribution is 2.30. The van der Waals surface area contributed by atoms with Crippen molar-refractivity contribution in [1.29, 1.82) is 0 Å². The minimum absolute atomic E-state index is 0.0548. The molecule has 3 rings (SSSR count). The van der Waals surface area contributed by atoms with Gasteiger partial charge in [0.25, 0.3) is 0 Å². The van der Waals surface area contributed by atoms with Gasteiger partial charge in [-0.1, -0.05) is 52.9 Å². The summed E-state index contributed by atoms with van der Waals surface area (Å²) >= 11 is 2.91. The van der Waals surface area contributed by atoms with Gasteiger partial charge in [-0.3, -0.25) is 4.79 Å². The van der Waals surface area contributed by atoms with E-state index in [1.165, 1.54) is 54.4 Å². The van der Waals surface area contributed by atoms with Crippen molar-refractivity contribution in [1.82, 2.24) is 15.5 Å². The topological polar surface area (TPSA) is 66.9 Å². The standard InChI is InChI=1S/C19H24N4OS2/c1-14(17(24)20-13-12-15-8-4-2-5-9-15)25-19-23-22-18(26-19)21-16-10-6-3-7-11-16/h3,6-8,10-11,14H,2,4-5,9,12-13H2,1H3,(H,20,24)(H,21,22)/t14-/m1/s1. The van der Waals surface area contributed by atoms with Crippen LogP contribution in [0.1, 0.15) is 39.0 Å². The van der Waals surface area contributed by atoms with E-state index in [0.717, 1.165) is 21.6 Å². The predicted octanol–water partition coefficient (Wildman–Crippen LogP) is 4.77. The lowest BCUT2D eigenvalue weighted by molar-refractivity contribution is -0.120. The summed E-state index contributed by atoms with van der Waals surface area (Å²) in [4.78, 5) is 12.3. The van der Waals surface area contributed by atoms with Crippen molar-refractivity contribution in [2.75, 3.05) is 11.9 Å². The van der Waals surface area contributed by atoms with Crippen LogP contribution >= 0.6 is 23.1 Å². The number of anilines is 2. The number of hydrogen-bond acceptors (Lipinski definition) is 6. The van der Waals surface area contributed by atoms with Gasteiger partial charge >= 0.3 is 0 Å². The Labute approximate surface area is 162 Å². The number of carbonyl (C=O) groups excluding carboxylic acids is 1. The van der Waals surface area contributed by atoms with Crippen LogP contribution in [0.5, 0.6) is 0 Å². The van der Waals surface area contributed by atoms with Crippen LogP contribution in [0.15, 0.2) is 46.3 Å². The molecule has 2 N–H and O–H groups in total. The molecule has 0 spiro atoms. The molecule has 138 valence electrons. The molecule has 0 fully saturated rings. The first-order valence-electron chi connectivity index (χ1n) is 8.98. The van der Waals surface area contributed by atoms with Crippen LogP contribution in [0, 0.1) is 0 Å². The number of thioether (sulfide) groups is 1. The number of nitrogens with zero attached hydrogens (tertiary/aromatic N) is 2. The van der Waals surface area contributed by atoms with Gasteiger partial charge in [0.15, 0.2) is 4.34 Å². The van der Waals surface area contributed by atoms with Gasteiger partial charge in [-0.2, -0.15) is 0 Å². The molecule has 1 atom stereocenters. The lowest BCUT2D eigenvalue weighted by atomic mass is 9.97. The minimum Gasteiger partial charge on any atom is -0.355 e. The van der Waals surface area contributed by atoms with Gasteiger partial charge in [0.05, 0.1) is 5.25 Å². The molecule has 5 nitrogen and oxygen atoms in total. The van der Waals surface area contributed by atoms with Crippen molar-refractivity contribution in [2.24, 2.45) is 0 Å². The number of rotatable bonds is 8. The Balaban J connectivity index is 1.43. The van der Waals surface area contributed by atoms with E-state index in [4.69, 9.17) is 0 Å². The normalized spacial score (nSPS) is 15.2. The number of allylic oxidation sites excluding steroid dienone is 1. The quantitative estimate of drug-likeness (QED) is 0.504. The van der Waals surface area contributed by atoms with E-state index in [1.807, 2.05) is 37.3 Å². The van der Waals surface area contributed by atoms with Gasteiger partial charge in [-0.15, -0.1) is 10.2 Å². The van der Waals surface area contributed by atoms with Gasteiger partial charge in [-0.05, 0) is 51.2 Å². The molecule has 1 aromatic carbocycles. The van der Waals surface area contributed by atoms with Crippen LogP contribution in [-0.2, 0) is 4.79 Å². The molecule has 0 saturated heterocycles. The molecule has 7 heteroatoms. The van der Waals surface area contributed by atoms with Gasteiger partial charge in [0.2, 0.25) is 11.0 Å². The van der Waals surface area contributed by atoms with E-state index >= 15 is 0 Å². The van der Waals surface area contributed by atoms with Gasteiger partial charge in [0, 0.05) is 12.2 Å². The summed E-state index contributed by atoms with van der Waals surface area (Å²) in [6, 6.07) is 9.86. The average Bonchev–Trinajstić information content (AvgIpc) is 3.10. The molecular weight excluding hydrogens is 364 g/mol. The third-order valence-corrected chi connectivity index (χ3v) is 6.23. The van der Waals surface area contributed by atoms with E-state index in [-0.39, 0.29) is 11.2 Å². The number of aromatic nitrogens is 2. The first kappa shape index (κ1) is 18.9. The zero-order valence-corrected chi connectivity index (χ0v) is 16.5. The SMILES string of the molecule is C[C@@H](Sc1nnc(Nc2ccccc2)s1)C(=O)NCCC1=CCCCC1. The summed E-state index contributed by atoms with van der Waals surface area (Å²) in [6.07, 6.45) is 8.24. The molecule has 1 aromatic heterocycles. The fourth-order valence-electron chi connectivity index (χ4n) is 2.78. The first-order valence-corrected chi connectivity index (χ1v) is 10.7. The maximum Gasteiger partial charge on any atom is 0.233 e. The largest absolute Gasteiger partial charge is 0.355 e. The van der Waals surface area contributed by atoms with Crippen molar-refractivity contribution in [3.8, 4) is 0 Å². The van der Waals surface area contributed by atoms with Gasteiger partial charge < -0.3 is 10.6 Å². The number of carbonyl (C=O) groups is 1. The third kappa shape index (κ3) is 5.85. The van der Waals surface area contributed by atoms with Crippen LogP contribution in [0.3, 0.4) is 0 Å². The lowest BCUT2D eigenvalue weighted by Gasteiger charge is -2.14. The Morgan fingerprint density at radius 3 is 2.88 bits per heavy atom. The summed E-state index contributed by atoms with van der Waals surface area (Å²) in [5, 5.41) is 15.1. The Morgan fingerprint density at radius 1 is 1.27 bits per heavy atom. The van der Waals surface area contributed by atoms with Gasteiger partial charge in [0.1, 0.15) is 0 Å². The highest BCUT2D eigenvalue weighted by molar-refractivity contribution is 8.02. The van der Waals surface area contributed by atoms with E-state index in [1.54, 1.807) is 0 Å². The van der Waals surface area contributed by atoms with E-state index in [2.05, 4.69) is 26.9 Å². The zero-order valence-electron chi connectivity index (χ0n) is 14.9. The number of amides is 1. The highest BCUT2D eigenvalue weighted by atomic mass is 32.2. The third-order valence-electron chi connectivity index (χ3n) is 4.21. The molecule has 1 aliphatic rings. The maximum atomic E-state index is 12.3. The van der Waals surface area contributed by atoms with E-state index in [0.29, 0.717) is 6.54 Å². The summed E-state index contributed by atoms with van der Waals surface area (Å²) in [5.74, 6) is 0.0548. The van der Waals surface area contributed by atoms with Gasteiger partial charge in [-0.25, -0.2) is 0 Å². The molecule has 0 aliphatic heterocycles. The number of hydrogen-bond donors (Lipinski definition) is 2.